The summed E-state index contributed by atoms with van der Waals surface area (Å²) in [5.41, 5.74) is 3.68. The maximum atomic E-state index is 6.03. The summed E-state index contributed by atoms with van der Waals surface area (Å²) < 4.78 is 1.82. The van der Waals surface area contributed by atoms with Crippen molar-refractivity contribution in [1.82, 2.24) is 19.9 Å². The fourth-order valence-electron chi connectivity index (χ4n) is 2.21. The Morgan fingerprint density at radius 2 is 2.25 bits per heavy atom. The number of fused-ring (bicyclic) bond motifs is 2. The largest absolute Gasteiger partial charge is 0.359 e. The molecule has 1 N–H and O–H groups in total. The van der Waals surface area contributed by atoms with Crippen molar-refractivity contribution in [3.63, 3.8) is 0 Å². The number of nitrogens with zero attached hydrogens (tertiary/aromatic N) is 3. The average Bonchev–Trinajstić information content (AvgIpc) is 3.03. The summed E-state index contributed by atoms with van der Waals surface area (Å²) in [4.78, 5) is 16.1. The minimum atomic E-state index is 0. The van der Waals surface area contributed by atoms with Crippen LogP contribution in [0.3, 0.4) is 0 Å². The van der Waals surface area contributed by atoms with E-state index in [4.69, 9.17) is 11.6 Å². The second-order valence-electron chi connectivity index (χ2n) is 4.23. The first-order valence-electron chi connectivity index (χ1n) is 5.76. The molecule has 0 atom stereocenters. The number of nitrogens with one attached hydrogen (secondary N) is 1. The predicted octanol–water partition coefficient (Wildman–Crippen LogP) is 4.90. The summed E-state index contributed by atoms with van der Waals surface area (Å²) in [5.74, 6) is 0. The van der Waals surface area contributed by atoms with Gasteiger partial charge in [-0.15, -0.1) is 11.3 Å². The average molecular weight is 368 g/mol. The topological polar surface area (TPSA) is 54.5 Å². The molecular formula is C13H8BrClN4S. The molecular weight excluding hydrogens is 360 g/mol. The van der Waals surface area contributed by atoms with Crippen LogP contribution in [0.25, 0.3) is 32.4 Å². The van der Waals surface area contributed by atoms with E-state index in [1.165, 1.54) is 0 Å². The Balaban J connectivity index is 0.00000132. The Hall–Kier alpha value is -1.50. The standard InChI is InChI=1S/C13H6BrClN4S.H2/c14-10-3-6-7(4-16-9(6)5-17-10)11-12-8(1-2-20-12)18-13(15)19-11;/h1-5,16H;1H. The van der Waals surface area contributed by atoms with Crippen LogP contribution in [0, 0.1) is 0 Å². The number of thiophene rings is 1. The molecule has 0 saturated heterocycles. The first-order valence-corrected chi connectivity index (χ1v) is 7.81. The molecule has 0 amide bonds. The van der Waals surface area contributed by atoms with Crippen LogP contribution >= 0.6 is 38.9 Å². The van der Waals surface area contributed by atoms with Crippen LogP contribution in [0.2, 0.25) is 5.28 Å². The van der Waals surface area contributed by atoms with Crippen molar-refractivity contribution in [2.24, 2.45) is 0 Å². The van der Waals surface area contributed by atoms with Gasteiger partial charge in [0.15, 0.2) is 0 Å². The van der Waals surface area contributed by atoms with Crippen LogP contribution < -0.4 is 0 Å². The van der Waals surface area contributed by atoms with E-state index < -0.39 is 0 Å². The minimum Gasteiger partial charge on any atom is -0.359 e. The van der Waals surface area contributed by atoms with Crippen LogP contribution in [-0.4, -0.2) is 19.9 Å². The molecule has 0 aliphatic heterocycles. The SMILES string of the molecule is Clc1nc(-c2c[nH]c3cnc(Br)cc23)c2sccc2n1.[HH]. The Kier molecular flexibility index (Phi) is 2.76. The number of hydrogen-bond acceptors (Lipinski definition) is 4. The smallest absolute Gasteiger partial charge is 0.223 e. The van der Waals surface area contributed by atoms with Gasteiger partial charge in [-0.25, -0.2) is 15.0 Å². The van der Waals surface area contributed by atoms with Crippen LogP contribution in [0.1, 0.15) is 1.43 Å². The summed E-state index contributed by atoms with van der Waals surface area (Å²) in [7, 11) is 0. The van der Waals surface area contributed by atoms with Crippen molar-refractivity contribution in [2.45, 2.75) is 0 Å². The minimum absolute atomic E-state index is 0. The Bertz CT molecular complexity index is 952. The van der Waals surface area contributed by atoms with E-state index in [0.717, 1.165) is 37.0 Å². The number of rotatable bonds is 1. The van der Waals surface area contributed by atoms with Crippen molar-refractivity contribution in [2.75, 3.05) is 0 Å². The number of aromatic nitrogens is 4. The zero-order chi connectivity index (χ0) is 13.7. The van der Waals surface area contributed by atoms with Gasteiger partial charge in [-0.05, 0) is 45.0 Å². The molecule has 4 nitrogen and oxygen atoms in total. The quantitative estimate of drug-likeness (QED) is 0.385. The summed E-state index contributed by atoms with van der Waals surface area (Å²) in [6.07, 6.45) is 3.72. The number of halogens is 2. The van der Waals surface area contributed by atoms with Gasteiger partial charge in [0.05, 0.1) is 27.6 Å². The highest BCUT2D eigenvalue weighted by Crippen LogP contribution is 2.35. The van der Waals surface area contributed by atoms with E-state index >= 15 is 0 Å². The van der Waals surface area contributed by atoms with Gasteiger partial charge in [0.1, 0.15) is 4.60 Å². The summed E-state index contributed by atoms with van der Waals surface area (Å²) in [6, 6.07) is 3.92. The Morgan fingerprint density at radius 1 is 1.35 bits per heavy atom. The summed E-state index contributed by atoms with van der Waals surface area (Å²) in [6.45, 7) is 0. The lowest BCUT2D eigenvalue weighted by molar-refractivity contribution is 1.23. The maximum absolute atomic E-state index is 6.03. The Labute approximate surface area is 132 Å². The molecule has 0 aliphatic rings. The molecule has 0 aliphatic carbocycles. The van der Waals surface area contributed by atoms with Crippen molar-refractivity contribution in [3.8, 4) is 11.3 Å². The van der Waals surface area contributed by atoms with Gasteiger partial charge in [0.2, 0.25) is 5.28 Å². The lowest BCUT2D eigenvalue weighted by Gasteiger charge is -2.02. The zero-order valence-corrected chi connectivity index (χ0v) is 13.1. The fraction of sp³-hybridized carbons (Fsp3) is 0. The fourth-order valence-corrected chi connectivity index (χ4v) is 3.55. The first-order chi connectivity index (χ1) is 9.72. The van der Waals surface area contributed by atoms with Gasteiger partial charge >= 0.3 is 0 Å². The molecule has 0 unspecified atom stereocenters. The van der Waals surface area contributed by atoms with Crippen molar-refractivity contribution < 1.29 is 1.43 Å². The second-order valence-corrected chi connectivity index (χ2v) is 6.30. The van der Waals surface area contributed by atoms with Crippen molar-refractivity contribution in [1.29, 1.82) is 0 Å². The lowest BCUT2D eigenvalue weighted by Crippen LogP contribution is -1.87. The van der Waals surface area contributed by atoms with E-state index in [2.05, 4.69) is 35.9 Å². The third-order valence-electron chi connectivity index (χ3n) is 3.06. The molecule has 0 saturated carbocycles. The van der Waals surface area contributed by atoms with Crippen LogP contribution in [0.5, 0.6) is 0 Å². The molecule has 20 heavy (non-hydrogen) atoms. The van der Waals surface area contributed by atoms with Gasteiger partial charge in [-0.3, -0.25) is 0 Å². The summed E-state index contributed by atoms with van der Waals surface area (Å²) in [5, 5.41) is 3.30. The predicted molar refractivity (Wildman–Crippen MR) is 87.3 cm³/mol. The van der Waals surface area contributed by atoms with Gasteiger partial charge < -0.3 is 4.98 Å². The highest BCUT2D eigenvalue weighted by molar-refractivity contribution is 9.10. The molecule has 0 bridgehead atoms. The highest BCUT2D eigenvalue weighted by atomic mass is 79.9. The molecule has 0 spiro atoms. The normalized spacial score (nSPS) is 11.5. The van der Waals surface area contributed by atoms with E-state index in [1.807, 2.05) is 23.7 Å². The second kappa shape index (κ2) is 4.51. The molecule has 4 aromatic heterocycles. The van der Waals surface area contributed by atoms with Crippen molar-refractivity contribution >= 4 is 60.0 Å². The molecule has 4 heterocycles. The maximum Gasteiger partial charge on any atom is 0.223 e. The monoisotopic (exact) mass is 366 g/mol. The lowest BCUT2D eigenvalue weighted by atomic mass is 10.1. The molecule has 0 radical (unpaired) electrons. The number of H-pyrrole nitrogens is 1. The van der Waals surface area contributed by atoms with E-state index in [-0.39, 0.29) is 6.71 Å². The third-order valence-corrected chi connectivity index (χ3v) is 4.58. The van der Waals surface area contributed by atoms with E-state index in [1.54, 1.807) is 17.5 Å². The van der Waals surface area contributed by atoms with Gasteiger partial charge in [0, 0.05) is 18.6 Å². The van der Waals surface area contributed by atoms with Crippen LogP contribution in [-0.2, 0) is 0 Å². The summed E-state index contributed by atoms with van der Waals surface area (Å²) >= 11 is 11.0. The highest BCUT2D eigenvalue weighted by Gasteiger charge is 2.14. The molecule has 0 fully saturated rings. The molecule has 0 aromatic carbocycles. The first kappa shape index (κ1) is 12.3. The van der Waals surface area contributed by atoms with E-state index in [9.17, 15) is 0 Å². The van der Waals surface area contributed by atoms with E-state index in [0.29, 0.717) is 0 Å². The molecule has 4 rings (SSSR count). The zero-order valence-electron chi connectivity index (χ0n) is 9.89. The number of hydrogen-bond donors (Lipinski definition) is 1. The van der Waals surface area contributed by atoms with Crippen molar-refractivity contribution in [3.05, 3.63) is 39.8 Å². The third kappa shape index (κ3) is 1.83. The van der Waals surface area contributed by atoms with Gasteiger partial charge in [0.25, 0.3) is 0 Å². The number of aromatic amines is 1. The van der Waals surface area contributed by atoms with Crippen LogP contribution in [0.15, 0.2) is 34.5 Å². The number of pyridine rings is 1. The van der Waals surface area contributed by atoms with Gasteiger partial charge in [-0.1, -0.05) is 0 Å². The molecule has 7 heteroatoms. The van der Waals surface area contributed by atoms with Crippen LogP contribution in [0.4, 0.5) is 0 Å². The van der Waals surface area contributed by atoms with Gasteiger partial charge in [-0.2, -0.15) is 0 Å². The molecule has 100 valence electrons. The molecule has 4 aromatic rings. The Morgan fingerprint density at radius 3 is 3.15 bits per heavy atom.